The van der Waals surface area contributed by atoms with Crippen molar-refractivity contribution < 1.29 is 28.7 Å². The number of ether oxygens (including phenoxy) is 1. The molecule has 0 saturated carbocycles. The van der Waals surface area contributed by atoms with Crippen LogP contribution in [0.25, 0.3) is 0 Å². The highest BCUT2D eigenvalue weighted by Gasteiger charge is 2.47. The molecule has 5 unspecified atom stereocenters. The van der Waals surface area contributed by atoms with Crippen molar-refractivity contribution in [1.29, 1.82) is 0 Å². The molecule has 2 fully saturated rings. The highest BCUT2D eigenvalue weighted by molar-refractivity contribution is 5.79. The molecule has 2 aliphatic heterocycles. The number of hydrogen-bond donors (Lipinski definition) is 3. The summed E-state index contributed by atoms with van der Waals surface area (Å²) in [4.78, 5) is 36.7. The standard InChI is InChI=1S/C19H25FN4O5/c1-10-7-23(8-14(10)22-15(26)9-25)13-5-3-12(4-6-13)16-17(11(2)18(21)27)29-19(28)24(16)20/h3-6,10-11,14,16-17,25H,7-9H2,1-2H3,(H2,21,27)(H,22,26). The van der Waals surface area contributed by atoms with Gasteiger partial charge < -0.3 is 25.8 Å². The van der Waals surface area contributed by atoms with Crippen LogP contribution in [0.3, 0.4) is 0 Å². The molecule has 5 atom stereocenters. The number of nitrogens with two attached hydrogens (primary N) is 1. The van der Waals surface area contributed by atoms with Crippen molar-refractivity contribution in [2.24, 2.45) is 17.6 Å². The predicted octanol–water partition coefficient (Wildman–Crippen LogP) is 0.488. The molecule has 0 bridgehead atoms. The molecule has 0 aliphatic carbocycles. The Balaban J connectivity index is 1.75. The van der Waals surface area contributed by atoms with E-state index in [0.717, 1.165) is 5.69 Å². The molecule has 0 spiro atoms. The zero-order chi connectivity index (χ0) is 21.3. The first-order valence-electron chi connectivity index (χ1n) is 9.43. The highest BCUT2D eigenvalue weighted by atomic mass is 19.2. The van der Waals surface area contributed by atoms with E-state index in [9.17, 15) is 18.9 Å². The topological polar surface area (TPSA) is 125 Å². The number of anilines is 1. The quantitative estimate of drug-likeness (QED) is 0.588. The minimum absolute atomic E-state index is 0.0164. The van der Waals surface area contributed by atoms with Crippen LogP contribution in [0.1, 0.15) is 25.5 Å². The average Bonchev–Trinajstić information content (AvgIpc) is 3.21. The molecule has 3 rings (SSSR count). The Morgan fingerprint density at radius 2 is 2.00 bits per heavy atom. The maximum Gasteiger partial charge on any atom is 0.439 e. The minimum atomic E-state index is -1.15. The second-order valence-corrected chi connectivity index (χ2v) is 7.60. The van der Waals surface area contributed by atoms with E-state index in [0.29, 0.717) is 18.7 Å². The van der Waals surface area contributed by atoms with Crippen molar-refractivity contribution in [3.05, 3.63) is 29.8 Å². The van der Waals surface area contributed by atoms with Gasteiger partial charge in [-0.25, -0.2) is 4.79 Å². The predicted molar refractivity (Wildman–Crippen MR) is 101 cm³/mol. The summed E-state index contributed by atoms with van der Waals surface area (Å²) in [6.07, 6.45) is -2.16. The summed E-state index contributed by atoms with van der Waals surface area (Å²) in [6.45, 7) is 4.23. The molecule has 3 amide bonds. The largest absolute Gasteiger partial charge is 0.441 e. The lowest BCUT2D eigenvalue weighted by Crippen LogP contribution is -2.41. The number of aliphatic hydroxyl groups excluding tert-OH is 1. The Hall–Kier alpha value is -2.88. The zero-order valence-electron chi connectivity index (χ0n) is 16.2. The van der Waals surface area contributed by atoms with E-state index >= 15 is 0 Å². The molecule has 158 valence electrons. The molecule has 2 heterocycles. The number of cyclic esters (lactones) is 1. The van der Waals surface area contributed by atoms with Gasteiger partial charge in [-0.3, -0.25) is 9.59 Å². The van der Waals surface area contributed by atoms with Crippen molar-refractivity contribution in [3.63, 3.8) is 0 Å². The lowest BCUT2D eigenvalue weighted by atomic mass is 9.92. The molecule has 9 nitrogen and oxygen atoms in total. The van der Waals surface area contributed by atoms with Crippen molar-refractivity contribution in [2.45, 2.75) is 32.0 Å². The smallest absolute Gasteiger partial charge is 0.439 e. The Bertz CT molecular complexity index is 789. The van der Waals surface area contributed by atoms with Crippen LogP contribution in [0.2, 0.25) is 0 Å². The number of benzene rings is 1. The van der Waals surface area contributed by atoms with Crippen LogP contribution in [0.5, 0.6) is 0 Å². The van der Waals surface area contributed by atoms with Crippen LogP contribution in [0.4, 0.5) is 15.0 Å². The number of nitrogens with one attached hydrogen (secondary N) is 1. The van der Waals surface area contributed by atoms with Gasteiger partial charge in [0.1, 0.15) is 18.8 Å². The van der Waals surface area contributed by atoms with Gasteiger partial charge in [-0.05, 0) is 30.5 Å². The van der Waals surface area contributed by atoms with Gasteiger partial charge in [0.2, 0.25) is 11.8 Å². The average molecular weight is 408 g/mol. The molecular weight excluding hydrogens is 383 g/mol. The summed E-state index contributed by atoms with van der Waals surface area (Å²) in [5, 5.41) is 11.7. The maximum atomic E-state index is 14.3. The molecule has 2 saturated heterocycles. The molecule has 1 aromatic rings. The summed E-state index contributed by atoms with van der Waals surface area (Å²) in [5.74, 6) is -1.75. The third-order valence-corrected chi connectivity index (χ3v) is 5.61. The van der Waals surface area contributed by atoms with Crippen LogP contribution in [-0.4, -0.2) is 60.0 Å². The van der Waals surface area contributed by atoms with Gasteiger partial charge in [0, 0.05) is 18.8 Å². The number of carbonyl (C=O) groups is 3. The van der Waals surface area contributed by atoms with Crippen LogP contribution < -0.4 is 16.0 Å². The summed E-state index contributed by atoms with van der Waals surface area (Å²) >= 11 is 0. The first kappa shape index (κ1) is 20.8. The number of nitrogens with zero attached hydrogens (tertiary/aromatic N) is 2. The fourth-order valence-corrected chi connectivity index (χ4v) is 3.83. The first-order valence-corrected chi connectivity index (χ1v) is 9.43. The number of carbonyl (C=O) groups excluding carboxylic acids is 3. The molecule has 2 aliphatic rings. The van der Waals surface area contributed by atoms with E-state index in [1.807, 2.05) is 6.92 Å². The fourth-order valence-electron chi connectivity index (χ4n) is 3.83. The number of amides is 3. The third kappa shape index (κ3) is 4.12. The Labute approximate surface area is 167 Å². The van der Waals surface area contributed by atoms with E-state index in [1.165, 1.54) is 6.92 Å². The van der Waals surface area contributed by atoms with Gasteiger partial charge in [-0.15, -0.1) is 5.12 Å². The number of aliphatic hydroxyl groups is 1. The van der Waals surface area contributed by atoms with Crippen molar-refractivity contribution in [1.82, 2.24) is 10.4 Å². The first-order chi connectivity index (χ1) is 13.7. The normalized spacial score (nSPS) is 27.7. The Morgan fingerprint density at radius 3 is 2.59 bits per heavy atom. The minimum Gasteiger partial charge on any atom is -0.441 e. The van der Waals surface area contributed by atoms with Gasteiger partial charge in [0.25, 0.3) is 0 Å². The summed E-state index contributed by atoms with van der Waals surface area (Å²) in [7, 11) is 0. The SMILES string of the molecule is CC1CN(c2ccc(C3C(C(C)C(N)=O)OC(=O)N3F)cc2)CC1NC(=O)CO. The molecule has 10 heteroatoms. The molecule has 1 aromatic carbocycles. The summed E-state index contributed by atoms with van der Waals surface area (Å²) in [6, 6.07) is 5.80. The number of rotatable bonds is 6. The molecular formula is C19H25FN4O5. The van der Waals surface area contributed by atoms with Crippen LogP contribution in [-0.2, 0) is 14.3 Å². The Morgan fingerprint density at radius 1 is 1.34 bits per heavy atom. The van der Waals surface area contributed by atoms with Gasteiger partial charge in [0.15, 0.2) is 0 Å². The maximum absolute atomic E-state index is 14.3. The number of halogens is 1. The number of primary amides is 1. The lowest BCUT2D eigenvalue weighted by molar-refractivity contribution is -0.125. The van der Waals surface area contributed by atoms with Crippen molar-refractivity contribution in [2.75, 3.05) is 24.6 Å². The van der Waals surface area contributed by atoms with Crippen LogP contribution in [0.15, 0.2) is 24.3 Å². The van der Waals surface area contributed by atoms with Crippen molar-refractivity contribution in [3.8, 4) is 0 Å². The van der Waals surface area contributed by atoms with E-state index in [-0.39, 0.29) is 17.1 Å². The van der Waals surface area contributed by atoms with Crippen LogP contribution in [0, 0.1) is 11.8 Å². The second kappa shape index (κ2) is 8.24. The molecule has 29 heavy (non-hydrogen) atoms. The van der Waals surface area contributed by atoms with Gasteiger partial charge in [-0.1, -0.05) is 23.5 Å². The highest BCUT2D eigenvalue weighted by Crippen LogP contribution is 2.38. The third-order valence-electron chi connectivity index (χ3n) is 5.61. The van der Waals surface area contributed by atoms with E-state index in [1.54, 1.807) is 24.3 Å². The van der Waals surface area contributed by atoms with Crippen LogP contribution >= 0.6 is 0 Å². The zero-order valence-corrected chi connectivity index (χ0v) is 16.2. The van der Waals surface area contributed by atoms with Gasteiger partial charge in [-0.2, -0.15) is 0 Å². The van der Waals surface area contributed by atoms with Gasteiger partial charge >= 0.3 is 6.09 Å². The fraction of sp³-hybridized carbons (Fsp3) is 0.526. The summed E-state index contributed by atoms with van der Waals surface area (Å²) < 4.78 is 19.3. The van der Waals surface area contributed by atoms with E-state index in [4.69, 9.17) is 15.6 Å². The van der Waals surface area contributed by atoms with Crippen molar-refractivity contribution >= 4 is 23.6 Å². The second-order valence-electron chi connectivity index (χ2n) is 7.60. The van der Waals surface area contributed by atoms with E-state index in [2.05, 4.69) is 10.2 Å². The number of hydrogen-bond acceptors (Lipinski definition) is 6. The Kier molecular flexibility index (Phi) is 5.92. The van der Waals surface area contributed by atoms with Gasteiger partial charge in [0.05, 0.1) is 12.0 Å². The molecule has 0 aromatic heterocycles. The molecule has 4 N–H and O–H groups in total. The van der Waals surface area contributed by atoms with E-state index < -0.39 is 42.6 Å². The lowest BCUT2D eigenvalue weighted by Gasteiger charge is -2.23. The molecule has 0 radical (unpaired) electrons. The summed E-state index contributed by atoms with van der Waals surface area (Å²) in [5.41, 5.74) is 6.66. The monoisotopic (exact) mass is 408 g/mol.